The molecule has 1 aliphatic carbocycles. The molecule has 0 radical (unpaired) electrons. The van der Waals surface area contributed by atoms with Crippen LogP contribution in [0.2, 0.25) is 0 Å². The van der Waals surface area contributed by atoms with E-state index in [0.29, 0.717) is 6.61 Å². The molecule has 18 heavy (non-hydrogen) atoms. The highest BCUT2D eigenvalue weighted by molar-refractivity contribution is 5.42. The van der Waals surface area contributed by atoms with Crippen molar-refractivity contribution in [1.82, 2.24) is 5.32 Å². The Labute approximate surface area is 109 Å². The maximum absolute atomic E-state index is 5.58. The summed E-state index contributed by atoms with van der Waals surface area (Å²) in [6, 6.07) is 6.14. The highest BCUT2D eigenvalue weighted by Gasteiger charge is 2.16. The molecule has 1 aromatic rings. The molecule has 1 fully saturated rings. The van der Waals surface area contributed by atoms with Crippen molar-refractivity contribution < 1.29 is 9.47 Å². The molecule has 0 saturated heterocycles. The number of rotatable bonds is 7. The summed E-state index contributed by atoms with van der Waals surface area (Å²) >= 11 is 0. The molecule has 2 rings (SSSR count). The van der Waals surface area contributed by atoms with Crippen LogP contribution < -0.4 is 14.8 Å². The third-order valence-electron chi connectivity index (χ3n) is 3.51. The van der Waals surface area contributed by atoms with Gasteiger partial charge >= 0.3 is 0 Å². The van der Waals surface area contributed by atoms with Gasteiger partial charge in [0.2, 0.25) is 0 Å². The lowest BCUT2D eigenvalue weighted by atomic mass is 9.85. The van der Waals surface area contributed by atoms with E-state index in [1.54, 1.807) is 7.11 Å². The van der Waals surface area contributed by atoms with Crippen LogP contribution in [0.5, 0.6) is 11.5 Å². The van der Waals surface area contributed by atoms with Gasteiger partial charge in [0, 0.05) is 6.54 Å². The molecule has 1 N–H and O–H groups in total. The highest BCUT2D eigenvalue weighted by Crippen LogP contribution is 2.28. The Kier molecular flexibility index (Phi) is 4.88. The molecular weight excluding hydrogens is 226 g/mol. The Morgan fingerprint density at radius 1 is 1.28 bits per heavy atom. The van der Waals surface area contributed by atoms with E-state index >= 15 is 0 Å². The number of ether oxygens (including phenoxy) is 2. The van der Waals surface area contributed by atoms with Gasteiger partial charge in [-0.25, -0.2) is 0 Å². The van der Waals surface area contributed by atoms with E-state index in [1.165, 1.54) is 24.8 Å². The first-order valence-corrected chi connectivity index (χ1v) is 6.84. The molecule has 3 nitrogen and oxygen atoms in total. The minimum atomic E-state index is 0.662. The lowest BCUT2D eigenvalue weighted by molar-refractivity contribution is 0.300. The van der Waals surface area contributed by atoms with E-state index in [9.17, 15) is 0 Å². The summed E-state index contributed by atoms with van der Waals surface area (Å²) in [4.78, 5) is 0. The second-order valence-corrected chi connectivity index (χ2v) is 4.85. The SMILES string of the molecule is CCOc1cc(CNCC2CCC2)ccc1OC. The predicted molar refractivity (Wildman–Crippen MR) is 73.2 cm³/mol. The van der Waals surface area contributed by atoms with Crippen molar-refractivity contribution in [3.05, 3.63) is 23.8 Å². The standard InChI is InChI=1S/C15H23NO2/c1-3-18-15-9-13(7-8-14(15)17-2)11-16-10-12-5-4-6-12/h7-9,12,16H,3-6,10-11H2,1-2H3. The van der Waals surface area contributed by atoms with E-state index < -0.39 is 0 Å². The first-order valence-electron chi connectivity index (χ1n) is 6.84. The molecule has 0 aromatic heterocycles. The van der Waals surface area contributed by atoms with Crippen molar-refractivity contribution in [1.29, 1.82) is 0 Å². The Balaban J connectivity index is 1.88. The minimum absolute atomic E-state index is 0.662. The predicted octanol–water partition coefficient (Wildman–Crippen LogP) is 2.98. The van der Waals surface area contributed by atoms with Gasteiger partial charge in [-0.05, 0) is 49.9 Å². The van der Waals surface area contributed by atoms with Crippen LogP contribution in [0.15, 0.2) is 18.2 Å². The van der Waals surface area contributed by atoms with Crippen LogP contribution in [0.4, 0.5) is 0 Å². The van der Waals surface area contributed by atoms with Crippen LogP contribution >= 0.6 is 0 Å². The van der Waals surface area contributed by atoms with E-state index in [1.807, 2.05) is 13.0 Å². The number of hydrogen-bond donors (Lipinski definition) is 1. The maximum Gasteiger partial charge on any atom is 0.161 e. The van der Waals surface area contributed by atoms with Gasteiger partial charge in [-0.1, -0.05) is 12.5 Å². The number of nitrogens with one attached hydrogen (secondary N) is 1. The van der Waals surface area contributed by atoms with Crippen molar-refractivity contribution in [2.24, 2.45) is 5.92 Å². The number of methoxy groups -OCH3 is 1. The molecule has 0 amide bonds. The number of hydrogen-bond acceptors (Lipinski definition) is 3. The summed E-state index contributed by atoms with van der Waals surface area (Å²) in [6.45, 7) is 4.69. The molecule has 0 aliphatic heterocycles. The summed E-state index contributed by atoms with van der Waals surface area (Å²) in [6.07, 6.45) is 4.18. The van der Waals surface area contributed by atoms with Crippen LogP contribution in [0, 0.1) is 5.92 Å². The van der Waals surface area contributed by atoms with Crippen molar-refractivity contribution in [3.63, 3.8) is 0 Å². The first-order chi connectivity index (χ1) is 8.83. The van der Waals surface area contributed by atoms with Crippen LogP contribution in [0.3, 0.4) is 0 Å². The summed E-state index contributed by atoms with van der Waals surface area (Å²) in [5, 5.41) is 3.51. The van der Waals surface area contributed by atoms with Crippen molar-refractivity contribution >= 4 is 0 Å². The molecule has 0 unspecified atom stereocenters. The second kappa shape index (κ2) is 6.64. The lowest BCUT2D eigenvalue weighted by Gasteiger charge is -2.25. The largest absolute Gasteiger partial charge is 0.493 e. The Morgan fingerprint density at radius 2 is 2.11 bits per heavy atom. The summed E-state index contributed by atoms with van der Waals surface area (Å²) < 4.78 is 10.9. The topological polar surface area (TPSA) is 30.5 Å². The fourth-order valence-corrected chi connectivity index (χ4v) is 2.22. The average molecular weight is 249 g/mol. The lowest BCUT2D eigenvalue weighted by Crippen LogP contribution is -2.26. The van der Waals surface area contributed by atoms with Gasteiger partial charge in [-0.2, -0.15) is 0 Å². The van der Waals surface area contributed by atoms with Crippen LogP contribution in [0.25, 0.3) is 0 Å². The quantitative estimate of drug-likeness (QED) is 0.806. The summed E-state index contributed by atoms with van der Waals surface area (Å²) in [5.41, 5.74) is 1.25. The van der Waals surface area contributed by atoms with Crippen molar-refractivity contribution in [2.75, 3.05) is 20.3 Å². The smallest absolute Gasteiger partial charge is 0.161 e. The Bertz CT molecular complexity index is 375. The molecule has 100 valence electrons. The van der Waals surface area contributed by atoms with E-state index in [2.05, 4.69) is 17.4 Å². The third kappa shape index (κ3) is 3.39. The van der Waals surface area contributed by atoms with Gasteiger partial charge in [0.05, 0.1) is 13.7 Å². The van der Waals surface area contributed by atoms with Crippen LogP contribution in [-0.4, -0.2) is 20.3 Å². The van der Waals surface area contributed by atoms with E-state index in [-0.39, 0.29) is 0 Å². The summed E-state index contributed by atoms with van der Waals surface area (Å²) in [5.74, 6) is 2.54. The Morgan fingerprint density at radius 3 is 2.72 bits per heavy atom. The second-order valence-electron chi connectivity index (χ2n) is 4.85. The van der Waals surface area contributed by atoms with Gasteiger partial charge < -0.3 is 14.8 Å². The molecule has 3 heteroatoms. The molecule has 0 bridgehead atoms. The fourth-order valence-electron chi connectivity index (χ4n) is 2.22. The van der Waals surface area contributed by atoms with Gasteiger partial charge in [-0.3, -0.25) is 0 Å². The third-order valence-corrected chi connectivity index (χ3v) is 3.51. The molecule has 0 spiro atoms. The summed E-state index contributed by atoms with van der Waals surface area (Å²) in [7, 11) is 1.67. The van der Waals surface area contributed by atoms with Crippen LogP contribution in [-0.2, 0) is 6.54 Å². The van der Waals surface area contributed by atoms with Gasteiger partial charge in [-0.15, -0.1) is 0 Å². The van der Waals surface area contributed by atoms with Gasteiger partial charge in [0.1, 0.15) is 0 Å². The van der Waals surface area contributed by atoms with E-state index in [4.69, 9.17) is 9.47 Å². The van der Waals surface area contributed by atoms with Crippen molar-refractivity contribution in [3.8, 4) is 11.5 Å². The molecule has 1 aliphatic rings. The normalized spacial score (nSPS) is 15.2. The number of benzene rings is 1. The zero-order chi connectivity index (χ0) is 12.8. The molecule has 0 heterocycles. The maximum atomic E-state index is 5.58. The first kappa shape index (κ1) is 13.2. The molecular formula is C15H23NO2. The minimum Gasteiger partial charge on any atom is -0.493 e. The monoisotopic (exact) mass is 249 g/mol. The highest BCUT2D eigenvalue weighted by atomic mass is 16.5. The van der Waals surface area contributed by atoms with Crippen LogP contribution in [0.1, 0.15) is 31.7 Å². The zero-order valence-electron chi connectivity index (χ0n) is 11.4. The van der Waals surface area contributed by atoms with E-state index in [0.717, 1.165) is 30.5 Å². The Hall–Kier alpha value is -1.22. The molecule has 1 aromatic carbocycles. The van der Waals surface area contributed by atoms with Gasteiger partial charge in [0.25, 0.3) is 0 Å². The fraction of sp³-hybridized carbons (Fsp3) is 0.600. The van der Waals surface area contributed by atoms with Crippen molar-refractivity contribution in [2.45, 2.75) is 32.7 Å². The zero-order valence-corrected chi connectivity index (χ0v) is 11.4. The average Bonchev–Trinajstić information content (AvgIpc) is 2.33. The molecule has 1 saturated carbocycles. The molecule has 0 atom stereocenters. The van der Waals surface area contributed by atoms with Gasteiger partial charge in [0.15, 0.2) is 11.5 Å².